The minimum atomic E-state index is -5.65. The molecule has 0 aliphatic heterocycles. The summed E-state index contributed by atoms with van der Waals surface area (Å²) in [6, 6.07) is 2.76. The number of nitrogens with one attached hydrogen (secondary N) is 1. The van der Waals surface area contributed by atoms with Crippen molar-refractivity contribution in [2.45, 2.75) is 57.2 Å². The van der Waals surface area contributed by atoms with Crippen molar-refractivity contribution in [2.75, 3.05) is 5.32 Å². The summed E-state index contributed by atoms with van der Waals surface area (Å²) in [4.78, 5) is 28.8. The maximum Gasteiger partial charge on any atom is 0.430 e. The number of carbonyl (C=O) groups excluding carboxylic acids is 2. The molecule has 9 nitrogen and oxygen atoms in total. The normalized spacial score (nSPS) is 13.8. The zero-order valence-corrected chi connectivity index (χ0v) is 24.6. The minimum absolute atomic E-state index is 0.0458. The summed E-state index contributed by atoms with van der Waals surface area (Å²) in [5, 5.41) is 19.4. The van der Waals surface area contributed by atoms with Gasteiger partial charge in [0.25, 0.3) is 17.4 Å². The number of aromatic nitrogens is 3. The second-order valence-electron chi connectivity index (χ2n) is 9.90. The van der Waals surface area contributed by atoms with Gasteiger partial charge < -0.3 is 14.3 Å². The van der Waals surface area contributed by atoms with Gasteiger partial charge in [-0.3, -0.25) is 10.1 Å². The van der Waals surface area contributed by atoms with Gasteiger partial charge >= 0.3 is 18.4 Å². The second-order valence-corrected chi connectivity index (χ2v) is 11.1. The molecule has 2 aromatic heterocycles. The number of halogens is 8. The van der Waals surface area contributed by atoms with Crippen LogP contribution in [0.25, 0.3) is 11.6 Å². The van der Waals surface area contributed by atoms with E-state index < -0.39 is 87.7 Å². The van der Waals surface area contributed by atoms with Crippen molar-refractivity contribution >= 4 is 40.2 Å². The Hall–Kier alpha value is -3.61. The molecular formula is C26H22F7IN4O5. The number of nitrogens with zero attached hydrogens (tertiary/aromatic N) is 3. The quantitative estimate of drug-likeness (QED) is 0.108. The maximum atomic E-state index is 14.6. The molecule has 0 aliphatic rings. The van der Waals surface area contributed by atoms with Gasteiger partial charge in [0.1, 0.15) is 17.1 Å². The Kier molecular flexibility index (Phi) is 9.60. The predicted octanol–water partition coefficient (Wildman–Crippen LogP) is 7.19. The molecule has 232 valence electrons. The maximum absolute atomic E-state index is 14.6. The van der Waals surface area contributed by atoms with E-state index in [1.807, 2.05) is 5.32 Å². The molecule has 0 saturated carbocycles. The molecule has 1 unspecified atom stereocenters. The number of hydrogen-bond donors (Lipinski definition) is 2. The van der Waals surface area contributed by atoms with Crippen LogP contribution in [0, 0.1) is 9.39 Å². The highest BCUT2D eigenvalue weighted by atomic mass is 127. The Bertz CT molecular complexity index is 1550. The highest BCUT2D eigenvalue weighted by molar-refractivity contribution is 14.1. The van der Waals surface area contributed by atoms with E-state index in [1.54, 1.807) is 22.6 Å². The van der Waals surface area contributed by atoms with Gasteiger partial charge in [-0.05, 0) is 74.0 Å². The summed E-state index contributed by atoms with van der Waals surface area (Å²) >= 11 is 1.57. The average Bonchev–Trinajstić information content (AvgIpc) is 3.36. The largest absolute Gasteiger partial charge is 0.444 e. The molecule has 0 radical (unpaired) electrons. The van der Waals surface area contributed by atoms with Crippen LogP contribution < -0.4 is 5.32 Å². The lowest BCUT2D eigenvalue weighted by Gasteiger charge is -2.27. The second kappa shape index (κ2) is 12.2. The van der Waals surface area contributed by atoms with Crippen LogP contribution in [0.4, 0.5) is 41.2 Å². The molecule has 3 aromatic rings. The molecule has 1 aromatic carbocycles. The third kappa shape index (κ3) is 7.49. The predicted molar refractivity (Wildman–Crippen MR) is 144 cm³/mol. The number of ketones is 1. The van der Waals surface area contributed by atoms with E-state index in [9.17, 15) is 45.4 Å². The molecule has 1 atom stereocenters. The van der Waals surface area contributed by atoms with E-state index >= 15 is 0 Å². The summed E-state index contributed by atoms with van der Waals surface area (Å²) in [6.45, 7) is 7.72. The zero-order chi connectivity index (χ0) is 32.5. The van der Waals surface area contributed by atoms with E-state index in [0.717, 1.165) is 6.07 Å². The van der Waals surface area contributed by atoms with Gasteiger partial charge in [0.2, 0.25) is 0 Å². The van der Waals surface area contributed by atoms with Crippen LogP contribution in [0.1, 0.15) is 61.1 Å². The van der Waals surface area contributed by atoms with Crippen LogP contribution in [0.3, 0.4) is 0 Å². The summed E-state index contributed by atoms with van der Waals surface area (Å²) in [6.07, 6.45) is -11.4. The fraction of sp³-hybridized carbons (Fsp3) is 0.346. The molecule has 0 bridgehead atoms. The number of anilines is 1. The van der Waals surface area contributed by atoms with E-state index in [4.69, 9.17) is 9.15 Å². The highest BCUT2D eigenvalue weighted by Crippen LogP contribution is 2.46. The molecule has 2 N–H and O–H groups in total. The fourth-order valence-corrected chi connectivity index (χ4v) is 4.09. The first kappa shape index (κ1) is 33.9. The van der Waals surface area contributed by atoms with Crippen LogP contribution in [0.5, 0.6) is 0 Å². The first-order valence-electron chi connectivity index (χ1n) is 12.0. The van der Waals surface area contributed by atoms with Crippen LogP contribution in [0.2, 0.25) is 0 Å². The van der Waals surface area contributed by atoms with Crippen molar-refractivity contribution in [3.8, 4) is 11.6 Å². The first-order chi connectivity index (χ1) is 19.7. The molecule has 1 amide bonds. The number of pyridine rings is 1. The van der Waals surface area contributed by atoms with Crippen LogP contribution in [0.15, 0.2) is 41.3 Å². The number of hydrogen-bond acceptors (Lipinski definition) is 8. The molecule has 0 spiro atoms. The SMILES string of the molecule is C=CCCC(=O)c1nc(-c2nnc(C(O)(c3cc(I)ccc3F)C(F)(F)F)o2)c(NC(=O)OC(C)(C)C)cc1C(F)(F)F. The number of ether oxygens (including phenoxy) is 1. The number of aliphatic hydroxyl groups is 1. The Labute approximate surface area is 252 Å². The number of benzene rings is 1. The molecule has 0 fully saturated rings. The lowest BCUT2D eigenvalue weighted by Crippen LogP contribution is -2.44. The summed E-state index contributed by atoms with van der Waals surface area (Å²) < 4.78 is 110. The smallest absolute Gasteiger partial charge is 0.430 e. The topological polar surface area (TPSA) is 127 Å². The number of rotatable bonds is 8. The Morgan fingerprint density at radius 2 is 1.74 bits per heavy atom. The number of allylic oxidation sites excluding steroid dienone is 1. The van der Waals surface area contributed by atoms with Gasteiger partial charge in [-0.15, -0.1) is 16.8 Å². The average molecular weight is 730 g/mol. The molecular weight excluding hydrogens is 708 g/mol. The molecule has 0 saturated heterocycles. The number of Topliss-reactive ketones (excluding diaryl/α,β-unsaturated/α-hetero) is 1. The fourth-order valence-electron chi connectivity index (χ4n) is 3.59. The van der Waals surface area contributed by atoms with Gasteiger partial charge in [-0.25, -0.2) is 14.2 Å². The van der Waals surface area contributed by atoms with Gasteiger partial charge in [0.15, 0.2) is 11.5 Å². The number of amides is 1. The van der Waals surface area contributed by atoms with Gasteiger partial charge in [-0.2, -0.15) is 26.3 Å². The molecule has 17 heteroatoms. The zero-order valence-electron chi connectivity index (χ0n) is 22.5. The molecule has 2 heterocycles. The van der Waals surface area contributed by atoms with Crippen LogP contribution in [-0.2, 0) is 16.5 Å². The van der Waals surface area contributed by atoms with Gasteiger partial charge in [0, 0.05) is 15.6 Å². The van der Waals surface area contributed by atoms with Crippen LogP contribution in [-0.4, -0.2) is 43.9 Å². The molecule has 3 rings (SSSR count). The van der Waals surface area contributed by atoms with E-state index in [0.29, 0.717) is 18.2 Å². The van der Waals surface area contributed by atoms with Crippen molar-refractivity contribution in [1.82, 2.24) is 15.2 Å². The first-order valence-corrected chi connectivity index (χ1v) is 13.1. The van der Waals surface area contributed by atoms with Crippen molar-refractivity contribution in [3.05, 3.63) is 69.0 Å². The number of carbonyl (C=O) groups is 2. The monoisotopic (exact) mass is 730 g/mol. The van der Waals surface area contributed by atoms with Crippen molar-refractivity contribution in [1.29, 1.82) is 0 Å². The summed E-state index contributed by atoms with van der Waals surface area (Å²) in [5.74, 6) is -5.30. The Morgan fingerprint density at radius 3 is 2.30 bits per heavy atom. The summed E-state index contributed by atoms with van der Waals surface area (Å²) in [7, 11) is 0. The van der Waals surface area contributed by atoms with E-state index in [1.165, 1.54) is 26.8 Å². The van der Waals surface area contributed by atoms with Crippen molar-refractivity contribution in [2.24, 2.45) is 0 Å². The van der Waals surface area contributed by atoms with E-state index in [-0.39, 0.29) is 9.99 Å². The Balaban J connectivity index is 2.30. The van der Waals surface area contributed by atoms with Gasteiger partial charge in [0.05, 0.1) is 11.3 Å². The van der Waals surface area contributed by atoms with E-state index in [2.05, 4.69) is 21.8 Å². The Morgan fingerprint density at radius 1 is 1.09 bits per heavy atom. The van der Waals surface area contributed by atoms with Crippen molar-refractivity contribution < 1.29 is 54.6 Å². The van der Waals surface area contributed by atoms with Crippen molar-refractivity contribution in [3.63, 3.8) is 0 Å². The third-order valence-corrected chi connectivity index (χ3v) is 6.14. The minimum Gasteiger partial charge on any atom is -0.444 e. The standard InChI is InChI=1S/C26H22F7IN4O5/c1-5-6-7-17(39)18-14(25(28,29)30)11-16(35-22(40)43-23(2,3)4)19(36-18)20-37-38-21(42-20)24(41,26(31,32)33)13-10-12(34)8-9-15(13)27/h5,8-11,41H,1,6-7H2,2-4H3,(H,35,40). The third-order valence-electron chi connectivity index (χ3n) is 5.47. The van der Waals surface area contributed by atoms with Gasteiger partial charge in [-0.1, -0.05) is 6.08 Å². The lowest BCUT2D eigenvalue weighted by atomic mass is 9.92. The molecule has 43 heavy (non-hydrogen) atoms. The molecule has 0 aliphatic carbocycles. The van der Waals surface area contributed by atoms with Crippen LogP contribution >= 0.6 is 22.6 Å². The number of alkyl halides is 6. The lowest BCUT2D eigenvalue weighted by molar-refractivity contribution is -0.256. The highest BCUT2D eigenvalue weighted by Gasteiger charge is 2.61. The summed E-state index contributed by atoms with van der Waals surface area (Å²) in [5.41, 5.74) is -11.1.